The number of rotatable bonds is 5. The van der Waals surface area contributed by atoms with E-state index in [0.717, 1.165) is 29.3 Å². The molecular weight excluding hydrogens is 342 g/mol. The van der Waals surface area contributed by atoms with E-state index in [-0.39, 0.29) is 16.7 Å². The standard InChI is InChI=1S/C10H17Br2NOS/c1-2-10(6-11,7-12)13-9(14)8-4-3-5-15-8/h8H,2-7H2,1H3,(H,13,14). The number of hydrogen-bond acceptors (Lipinski definition) is 2. The number of alkyl halides is 2. The van der Waals surface area contributed by atoms with Gasteiger partial charge in [0.2, 0.25) is 5.91 Å². The minimum absolute atomic E-state index is 0.125. The van der Waals surface area contributed by atoms with Gasteiger partial charge in [0.1, 0.15) is 0 Å². The van der Waals surface area contributed by atoms with Crippen LogP contribution in [0.15, 0.2) is 0 Å². The molecule has 1 heterocycles. The molecule has 0 saturated carbocycles. The van der Waals surface area contributed by atoms with Crippen molar-refractivity contribution in [2.45, 2.75) is 37.0 Å². The molecule has 0 aliphatic carbocycles. The van der Waals surface area contributed by atoms with Gasteiger partial charge in [-0.3, -0.25) is 4.79 Å². The van der Waals surface area contributed by atoms with E-state index < -0.39 is 0 Å². The summed E-state index contributed by atoms with van der Waals surface area (Å²) in [6, 6.07) is 0. The van der Waals surface area contributed by atoms with Crippen molar-refractivity contribution < 1.29 is 4.79 Å². The van der Waals surface area contributed by atoms with Gasteiger partial charge in [-0.25, -0.2) is 0 Å². The maximum Gasteiger partial charge on any atom is 0.233 e. The first-order chi connectivity index (χ1) is 7.17. The molecule has 1 aliphatic rings. The number of nitrogens with one attached hydrogen (secondary N) is 1. The topological polar surface area (TPSA) is 29.1 Å². The average molecular weight is 359 g/mol. The van der Waals surface area contributed by atoms with E-state index in [4.69, 9.17) is 0 Å². The van der Waals surface area contributed by atoms with E-state index in [1.807, 2.05) is 0 Å². The minimum atomic E-state index is -0.125. The summed E-state index contributed by atoms with van der Waals surface area (Å²) in [5, 5.41) is 4.94. The van der Waals surface area contributed by atoms with Gasteiger partial charge in [-0.05, 0) is 25.0 Å². The van der Waals surface area contributed by atoms with Crippen molar-refractivity contribution in [3.05, 3.63) is 0 Å². The fraction of sp³-hybridized carbons (Fsp3) is 0.900. The number of halogens is 2. The molecular formula is C10H17Br2NOS. The van der Waals surface area contributed by atoms with Crippen molar-refractivity contribution in [1.82, 2.24) is 5.32 Å². The molecule has 0 aromatic rings. The highest BCUT2D eigenvalue weighted by Crippen LogP contribution is 2.27. The first kappa shape index (κ1) is 13.8. The van der Waals surface area contributed by atoms with E-state index in [2.05, 4.69) is 44.1 Å². The lowest BCUT2D eigenvalue weighted by Gasteiger charge is -2.31. The zero-order chi connectivity index (χ0) is 11.3. The maximum atomic E-state index is 12.0. The van der Waals surface area contributed by atoms with Crippen molar-refractivity contribution >= 4 is 49.5 Å². The molecule has 2 nitrogen and oxygen atoms in total. The molecule has 1 rings (SSSR count). The molecule has 1 N–H and O–H groups in total. The van der Waals surface area contributed by atoms with Crippen LogP contribution in [0.4, 0.5) is 0 Å². The van der Waals surface area contributed by atoms with Gasteiger partial charge in [0, 0.05) is 10.7 Å². The Morgan fingerprint density at radius 3 is 2.60 bits per heavy atom. The summed E-state index contributed by atoms with van der Waals surface area (Å²) in [7, 11) is 0. The SMILES string of the molecule is CCC(CBr)(CBr)NC(=O)C1CCCS1. The molecule has 88 valence electrons. The van der Waals surface area contributed by atoms with Gasteiger partial charge in [-0.15, -0.1) is 11.8 Å². The Hall–Kier alpha value is 0.780. The van der Waals surface area contributed by atoms with Crippen LogP contribution in [0.3, 0.4) is 0 Å². The van der Waals surface area contributed by atoms with Gasteiger partial charge in [0.05, 0.1) is 10.8 Å². The van der Waals surface area contributed by atoms with Crippen molar-refractivity contribution in [1.29, 1.82) is 0 Å². The molecule has 0 spiro atoms. The van der Waals surface area contributed by atoms with E-state index in [1.165, 1.54) is 6.42 Å². The van der Waals surface area contributed by atoms with E-state index in [9.17, 15) is 4.79 Å². The van der Waals surface area contributed by atoms with Gasteiger partial charge in [-0.1, -0.05) is 38.8 Å². The number of carbonyl (C=O) groups is 1. The predicted molar refractivity (Wildman–Crippen MR) is 74.2 cm³/mol. The summed E-state index contributed by atoms with van der Waals surface area (Å²) in [5.74, 6) is 1.33. The third-order valence-electron chi connectivity index (χ3n) is 2.80. The van der Waals surface area contributed by atoms with Gasteiger partial charge in [-0.2, -0.15) is 0 Å². The second-order valence-corrected chi connectivity index (χ2v) is 6.32. The Bertz CT molecular complexity index is 207. The molecule has 1 atom stereocenters. The smallest absolute Gasteiger partial charge is 0.233 e. The number of carbonyl (C=O) groups excluding carboxylic acids is 1. The van der Waals surface area contributed by atoms with Crippen LogP contribution in [-0.2, 0) is 4.79 Å². The molecule has 0 aromatic carbocycles. The first-order valence-corrected chi connectivity index (χ1v) is 8.52. The Labute approximate surface area is 113 Å². The van der Waals surface area contributed by atoms with Crippen LogP contribution in [0.2, 0.25) is 0 Å². The van der Waals surface area contributed by atoms with Crippen LogP contribution in [0, 0.1) is 0 Å². The monoisotopic (exact) mass is 357 g/mol. The average Bonchev–Trinajstić information content (AvgIpc) is 2.79. The van der Waals surface area contributed by atoms with Crippen molar-refractivity contribution in [3.63, 3.8) is 0 Å². The Balaban J connectivity index is 2.53. The second-order valence-electron chi connectivity index (χ2n) is 3.89. The summed E-state index contributed by atoms with van der Waals surface area (Å²) in [5.41, 5.74) is -0.125. The van der Waals surface area contributed by atoms with Crippen molar-refractivity contribution in [3.8, 4) is 0 Å². The molecule has 1 aliphatic heterocycles. The molecule has 1 amide bonds. The van der Waals surface area contributed by atoms with Crippen LogP contribution in [0.1, 0.15) is 26.2 Å². The highest BCUT2D eigenvalue weighted by atomic mass is 79.9. The molecule has 5 heteroatoms. The zero-order valence-corrected chi connectivity index (χ0v) is 12.9. The molecule has 1 unspecified atom stereocenters. The summed E-state index contributed by atoms with van der Waals surface area (Å²) in [6.07, 6.45) is 3.14. The summed E-state index contributed by atoms with van der Waals surface area (Å²) in [4.78, 5) is 12.0. The van der Waals surface area contributed by atoms with Crippen LogP contribution in [0.5, 0.6) is 0 Å². The lowest BCUT2D eigenvalue weighted by Crippen LogP contribution is -2.53. The Morgan fingerprint density at radius 1 is 1.53 bits per heavy atom. The first-order valence-electron chi connectivity index (χ1n) is 5.23. The van der Waals surface area contributed by atoms with E-state index in [0.29, 0.717) is 0 Å². The minimum Gasteiger partial charge on any atom is -0.348 e. The van der Waals surface area contributed by atoms with Crippen LogP contribution in [0.25, 0.3) is 0 Å². The second kappa shape index (κ2) is 6.50. The Morgan fingerprint density at radius 2 is 2.20 bits per heavy atom. The van der Waals surface area contributed by atoms with Crippen LogP contribution >= 0.6 is 43.6 Å². The molecule has 0 bridgehead atoms. The van der Waals surface area contributed by atoms with E-state index in [1.54, 1.807) is 11.8 Å². The van der Waals surface area contributed by atoms with Crippen molar-refractivity contribution in [2.75, 3.05) is 16.4 Å². The zero-order valence-electron chi connectivity index (χ0n) is 8.89. The van der Waals surface area contributed by atoms with Gasteiger partial charge >= 0.3 is 0 Å². The maximum absolute atomic E-state index is 12.0. The fourth-order valence-electron chi connectivity index (χ4n) is 1.51. The molecule has 0 radical (unpaired) electrons. The highest BCUT2D eigenvalue weighted by molar-refractivity contribution is 9.09. The third kappa shape index (κ3) is 3.63. The van der Waals surface area contributed by atoms with E-state index >= 15 is 0 Å². The number of amides is 1. The lowest BCUT2D eigenvalue weighted by molar-refractivity contribution is -0.122. The normalized spacial score (nSPS) is 21.7. The lowest BCUT2D eigenvalue weighted by atomic mass is 10.0. The predicted octanol–water partition coefficient (Wildman–Crippen LogP) is 2.94. The van der Waals surface area contributed by atoms with Crippen molar-refractivity contribution in [2.24, 2.45) is 0 Å². The third-order valence-corrected chi connectivity index (χ3v) is 6.32. The summed E-state index contributed by atoms with van der Waals surface area (Å²) >= 11 is 8.74. The molecule has 1 fully saturated rings. The molecule has 0 aromatic heterocycles. The quantitative estimate of drug-likeness (QED) is 0.765. The number of thioether (sulfide) groups is 1. The number of hydrogen-bond donors (Lipinski definition) is 1. The van der Waals surface area contributed by atoms with Gasteiger partial charge in [0.15, 0.2) is 0 Å². The van der Waals surface area contributed by atoms with Gasteiger partial charge < -0.3 is 5.32 Å². The largest absolute Gasteiger partial charge is 0.348 e. The molecule has 15 heavy (non-hydrogen) atoms. The fourth-order valence-corrected chi connectivity index (χ4v) is 4.67. The summed E-state index contributed by atoms with van der Waals surface area (Å²) < 4.78 is 0. The van der Waals surface area contributed by atoms with Crippen LogP contribution in [-0.4, -0.2) is 33.1 Å². The highest BCUT2D eigenvalue weighted by Gasteiger charge is 2.32. The van der Waals surface area contributed by atoms with Gasteiger partial charge in [0.25, 0.3) is 0 Å². The molecule has 1 saturated heterocycles. The van der Waals surface area contributed by atoms with Crippen LogP contribution < -0.4 is 5.32 Å². The Kier molecular flexibility index (Phi) is 6.00. The summed E-state index contributed by atoms with van der Waals surface area (Å²) in [6.45, 7) is 2.10.